The standard InChI is InChI=1S/C42H41N3O5/c1-2-3-4-5-12-23-33(46)50-39(42(49,28-19-10-7-11-20-28)32-22-14-16-25-44-32)30-26-29-35(36(30)38-37(29)40(47)45-41(38)48)34(27-17-8-6-9-18-27)31-21-13-15-24-43-31/h6-11,13-22,24-26,29,36-39,49H,2-5,12,23H2,1H3,(H,45,47,48). The molecule has 0 spiro atoms. The molecule has 6 atom stereocenters. The number of unbranched alkanes of at least 4 members (excludes halogenated alkanes) is 4. The normalized spacial score (nSPS) is 23.4. The molecule has 2 fully saturated rings. The summed E-state index contributed by atoms with van der Waals surface area (Å²) in [6.07, 6.45) is 9.00. The second-order valence-electron chi connectivity index (χ2n) is 13.4. The maximum atomic E-state index is 13.8. The van der Waals surface area contributed by atoms with Crippen molar-refractivity contribution in [2.75, 3.05) is 0 Å². The molecule has 1 saturated carbocycles. The first-order valence-corrected chi connectivity index (χ1v) is 17.6. The molecule has 2 amide bonds. The molecule has 1 saturated heterocycles. The highest BCUT2D eigenvalue weighted by Crippen LogP contribution is 2.62. The maximum absolute atomic E-state index is 13.8. The summed E-state index contributed by atoms with van der Waals surface area (Å²) in [7, 11) is 0. The molecule has 3 heterocycles. The van der Waals surface area contributed by atoms with Gasteiger partial charge in [0, 0.05) is 36.2 Å². The van der Waals surface area contributed by atoms with E-state index in [2.05, 4.69) is 17.2 Å². The first kappa shape index (κ1) is 33.3. The van der Waals surface area contributed by atoms with Gasteiger partial charge in [-0.2, -0.15) is 0 Å². The molecule has 50 heavy (non-hydrogen) atoms. The van der Waals surface area contributed by atoms with Gasteiger partial charge < -0.3 is 9.84 Å². The second kappa shape index (κ2) is 14.3. The monoisotopic (exact) mass is 667 g/mol. The van der Waals surface area contributed by atoms with Gasteiger partial charge >= 0.3 is 5.97 Å². The van der Waals surface area contributed by atoms with Gasteiger partial charge in [-0.3, -0.25) is 29.7 Å². The van der Waals surface area contributed by atoms with Crippen LogP contribution in [0.2, 0.25) is 0 Å². The number of pyridine rings is 2. The van der Waals surface area contributed by atoms with Crippen molar-refractivity contribution < 1.29 is 24.2 Å². The summed E-state index contributed by atoms with van der Waals surface area (Å²) in [5.74, 6) is -3.67. The minimum Gasteiger partial charge on any atom is -0.454 e. The van der Waals surface area contributed by atoms with E-state index in [0.29, 0.717) is 28.9 Å². The van der Waals surface area contributed by atoms with Crippen LogP contribution in [0.25, 0.3) is 5.57 Å². The van der Waals surface area contributed by atoms with Gasteiger partial charge in [-0.25, -0.2) is 0 Å². The summed E-state index contributed by atoms with van der Waals surface area (Å²) in [6, 6.07) is 29.9. The number of esters is 1. The van der Waals surface area contributed by atoms with Crippen LogP contribution in [0.1, 0.15) is 68.0 Å². The van der Waals surface area contributed by atoms with Crippen molar-refractivity contribution in [3.05, 3.63) is 149 Å². The number of fused-ring (bicyclic) bond motifs is 5. The highest BCUT2D eigenvalue weighted by atomic mass is 16.6. The van der Waals surface area contributed by atoms with E-state index in [4.69, 9.17) is 9.72 Å². The molecular formula is C42H41N3O5. The number of hydrogen-bond acceptors (Lipinski definition) is 7. The average molecular weight is 668 g/mol. The fourth-order valence-electron chi connectivity index (χ4n) is 8.17. The maximum Gasteiger partial charge on any atom is 0.306 e. The van der Waals surface area contributed by atoms with Crippen LogP contribution < -0.4 is 5.32 Å². The summed E-state index contributed by atoms with van der Waals surface area (Å²) in [6.45, 7) is 2.15. The number of carbonyl (C=O) groups excluding carboxylic acids is 3. The van der Waals surface area contributed by atoms with Crippen molar-refractivity contribution in [2.45, 2.75) is 57.2 Å². The topological polar surface area (TPSA) is 118 Å². The lowest BCUT2D eigenvalue weighted by Gasteiger charge is -2.39. The van der Waals surface area contributed by atoms with Crippen molar-refractivity contribution in [1.29, 1.82) is 0 Å². The quantitative estimate of drug-likeness (QED) is 0.0718. The molecule has 4 aromatic rings. The van der Waals surface area contributed by atoms with Crippen LogP contribution in [0.15, 0.2) is 127 Å². The Morgan fingerprint density at radius 3 is 2.16 bits per heavy atom. The van der Waals surface area contributed by atoms with E-state index in [-0.39, 0.29) is 18.2 Å². The molecule has 2 aromatic heterocycles. The molecule has 2 bridgehead atoms. The van der Waals surface area contributed by atoms with Crippen LogP contribution in [-0.4, -0.2) is 39.0 Å². The average Bonchev–Trinajstić information content (AvgIpc) is 3.79. The van der Waals surface area contributed by atoms with Gasteiger partial charge in [0.2, 0.25) is 11.8 Å². The second-order valence-corrected chi connectivity index (χ2v) is 13.4. The van der Waals surface area contributed by atoms with Crippen LogP contribution in [0, 0.1) is 23.7 Å². The van der Waals surface area contributed by atoms with Gasteiger partial charge in [0.25, 0.3) is 0 Å². The zero-order valence-corrected chi connectivity index (χ0v) is 28.1. The third-order valence-electron chi connectivity index (χ3n) is 10.4. The Balaban J connectivity index is 1.42. The van der Waals surface area contributed by atoms with Gasteiger partial charge in [0.05, 0.1) is 23.2 Å². The molecule has 254 valence electrons. The Morgan fingerprint density at radius 2 is 1.48 bits per heavy atom. The summed E-state index contributed by atoms with van der Waals surface area (Å²) in [5.41, 5.74) is 2.73. The minimum atomic E-state index is -1.92. The van der Waals surface area contributed by atoms with E-state index >= 15 is 0 Å². The predicted molar refractivity (Wildman–Crippen MR) is 189 cm³/mol. The Hall–Kier alpha value is -5.21. The first-order chi connectivity index (χ1) is 24.4. The lowest BCUT2D eigenvalue weighted by Crippen LogP contribution is -2.47. The first-order valence-electron chi connectivity index (χ1n) is 17.6. The number of carbonyl (C=O) groups is 3. The van der Waals surface area contributed by atoms with E-state index in [0.717, 1.165) is 42.4 Å². The smallest absolute Gasteiger partial charge is 0.306 e. The van der Waals surface area contributed by atoms with Crippen molar-refractivity contribution in [3.63, 3.8) is 0 Å². The number of imide groups is 1. The number of rotatable bonds is 13. The molecule has 3 aliphatic rings. The number of nitrogens with one attached hydrogen (secondary N) is 1. The van der Waals surface area contributed by atoms with E-state index in [1.807, 2.05) is 72.8 Å². The molecule has 8 nitrogen and oxygen atoms in total. The number of aromatic nitrogens is 2. The Morgan fingerprint density at radius 1 is 0.820 bits per heavy atom. The molecule has 0 radical (unpaired) electrons. The fourth-order valence-corrected chi connectivity index (χ4v) is 8.17. The zero-order valence-electron chi connectivity index (χ0n) is 28.1. The largest absolute Gasteiger partial charge is 0.454 e. The Bertz CT molecular complexity index is 1830. The SMILES string of the molecule is CCCCCCCC(=O)OC(C1=CC2C(=C(c3ccccc3)c3ccccn3)C1C1C(=O)NC(=O)C21)C(O)(c1ccccc1)c1ccccn1. The van der Waals surface area contributed by atoms with E-state index in [9.17, 15) is 19.5 Å². The van der Waals surface area contributed by atoms with Crippen LogP contribution in [0.5, 0.6) is 0 Å². The predicted octanol–water partition coefficient (Wildman–Crippen LogP) is 6.56. The lowest BCUT2D eigenvalue weighted by molar-refractivity contribution is -0.159. The molecule has 2 N–H and O–H groups in total. The molecule has 7 rings (SSSR count). The summed E-state index contributed by atoms with van der Waals surface area (Å²) >= 11 is 0. The molecule has 2 aromatic carbocycles. The number of ether oxygens (including phenoxy) is 1. The van der Waals surface area contributed by atoms with Crippen molar-refractivity contribution in [1.82, 2.24) is 15.3 Å². The summed E-state index contributed by atoms with van der Waals surface area (Å²) in [4.78, 5) is 50.3. The van der Waals surface area contributed by atoms with Gasteiger partial charge in [-0.15, -0.1) is 0 Å². The number of amides is 2. The van der Waals surface area contributed by atoms with Crippen molar-refractivity contribution >= 4 is 23.4 Å². The number of nitrogens with zero attached hydrogens (tertiary/aromatic N) is 2. The number of benzene rings is 2. The summed E-state index contributed by atoms with van der Waals surface area (Å²) in [5, 5.41) is 15.7. The number of aliphatic hydroxyl groups is 1. The fraction of sp³-hybridized carbons (Fsp3) is 0.310. The van der Waals surface area contributed by atoms with Gasteiger partial charge in [0.15, 0.2) is 11.7 Å². The molecule has 8 heteroatoms. The third-order valence-corrected chi connectivity index (χ3v) is 10.4. The summed E-state index contributed by atoms with van der Waals surface area (Å²) < 4.78 is 6.47. The van der Waals surface area contributed by atoms with Crippen LogP contribution >= 0.6 is 0 Å². The molecule has 2 aliphatic carbocycles. The van der Waals surface area contributed by atoms with Crippen molar-refractivity contribution in [2.24, 2.45) is 23.7 Å². The van der Waals surface area contributed by atoms with Crippen LogP contribution in [-0.2, 0) is 24.7 Å². The van der Waals surface area contributed by atoms with Gasteiger partial charge in [-0.1, -0.05) is 111 Å². The van der Waals surface area contributed by atoms with Gasteiger partial charge in [-0.05, 0) is 53.0 Å². The molecule has 1 aliphatic heterocycles. The molecular weight excluding hydrogens is 626 g/mol. The van der Waals surface area contributed by atoms with Crippen LogP contribution in [0.3, 0.4) is 0 Å². The number of hydrogen-bond donors (Lipinski definition) is 2. The Labute approximate surface area is 292 Å². The van der Waals surface area contributed by atoms with Crippen molar-refractivity contribution in [3.8, 4) is 0 Å². The highest BCUT2D eigenvalue weighted by Gasteiger charge is 2.64. The van der Waals surface area contributed by atoms with E-state index < -0.39 is 41.3 Å². The minimum absolute atomic E-state index is 0.186. The van der Waals surface area contributed by atoms with E-state index in [1.54, 1.807) is 42.7 Å². The zero-order chi connectivity index (χ0) is 34.7. The third kappa shape index (κ3) is 5.98. The van der Waals surface area contributed by atoms with E-state index in [1.165, 1.54) is 0 Å². The highest BCUT2D eigenvalue weighted by molar-refractivity contribution is 6.08. The van der Waals surface area contributed by atoms with Gasteiger partial charge in [0.1, 0.15) is 0 Å². The molecule has 6 unspecified atom stereocenters. The Kier molecular flexibility index (Phi) is 9.55. The van der Waals surface area contributed by atoms with Crippen LogP contribution in [0.4, 0.5) is 0 Å². The lowest BCUT2D eigenvalue weighted by atomic mass is 9.73. The number of allylic oxidation sites excluding steroid dienone is 2.